The molecule has 0 saturated carbocycles. The number of amides is 3. The number of carbonyl (C=O) groups excluding carboxylic acids is 2. The van der Waals surface area contributed by atoms with E-state index in [-0.39, 0.29) is 35.4 Å². The maximum Gasteiger partial charge on any atom is 0.326 e. The molecule has 4 nitrogen and oxygen atoms in total. The highest BCUT2D eigenvalue weighted by atomic mass is 16.2. The first kappa shape index (κ1) is 4.95. The van der Waals surface area contributed by atoms with Crippen LogP contribution in [0.2, 0.25) is 0 Å². The summed E-state index contributed by atoms with van der Waals surface area (Å²) in [7, 11) is 0. The van der Waals surface area contributed by atoms with E-state index in [9.17, 15) is 9.59 Å². The van der Waals surface area contributed by atoms with E-state index >= 15 is 0 Å². The van der Waals surface area contributed by atoms with Crippen molar-refractivity contribution in [2.45, 2.75) is 0 Å². The molecule has 0 aliphatic carbocycles. The van der Waals surface area contributed by atoms with Gasteiger partial charge < -0.3 is 5.32 Å². The summed E-state index contributed by atoms with van der Waals surface area (Å²) in [5.74, 6) is -0.666. The monoisotopic (exact) mass is 193 g/mol. The van der Waals surface area contributed by atoms with Crippen molar-refractivity contribution in [2.75, 3.05) is 0 Å². The van der Waals surface area contributed by atoms with E-state index in [0.29, 0.717) is 0 Å². The molecule has 0 aromatic heterocycles. The highest BCUT2D eigenvalue weighted by Gasteiger charge is 2.22. The molecule has 14 heavy (non-hydrogen) atoms. The predicted octanol–water partition coefficient (Wildman–Crippen LogP) is 0.867. The molecule has 2 N–H and O–H groups in total. The second-order valence-corrected chi connectivity index (χ2v) is 2.56. The number of nitrogens with one attached hydrogen (secondary N) is 2. The number of urea groups is 1. The third-order valence-electron chi connectivity index (χ3n) is 1.57. The van der Waals surface area contributed by atoms with E-state index in [0.717, 1.165) is 12.1 Å². The molecule has 0 radical (unpaired) electrons. The normalized spacial score (nSPS) is 22.1. The van der Waals surface area contributed by atoms with Crippen LogP contribution in [-0.4, -0.2) is 11.9 Å². The zero-order valence-corrected chi connectivity index (χ0v) is 6.97. The third kappa shape index (κ3) is 1.64. The Morgan fingerprint density at radius 1 is 1.21 bits per heavy atom. The summed E-state index contributed by atoms with van der Waals surface area (Å²) in [4.78, 5) is 22.2. The molecule has 1 aromatic carbocycles. The van der Waals surface area contributed by atoms with Gasteiger partial charge in [0.25, 0.3) is 5.91 Å². The summed E-state index contributed by atoms with van der Waals surface area (Å²) in [6.45, 7) is 0. The Labute approximate surface area is 86.2 Å². The molecule has 1 aliphatic rings. The van der Waals surface area contributed by atoms with Crippen LogP contribution in [0.3, 0.4) is 0 Å². The highest BCUT2D eigenvalue weighted by molar-refractivity contribution is 6.13. The minimum absolute atomic E-state index is 0.0418. The number of imide groups is 1. The Morgan fingerprint density at radius 3 is 2.50 bits per heavy atom. The second-order valence-electron chi connectivity index (χ2n) is 2.56. The number of hydrogen-bond donors (Lipinski definition) is 2. The highest BCUT2D eigenvalue weighted by Crippen LogP contribution is 2.06. The SMILES string of the molecule is [2H]c1[13cH]c([2H])c([2H])c(/C=C2\NC(=O)NC2=O)c1[2H]. The molecule has 1 aromatic rings. The molecule has 0 spiro atoms. The van der Waals surface area contributed by atoms with Gasteiger partial charge in [-0.15, -0.1) is 0 Å². The smallest absolute Gasteiger partial charge is 0.303 e. The van der Waals surface area contributed by atoms with Crippen molar-refractivity contribution in [3.63, 3.8) is 0 Å². The second kappa shape index (κ2) is 3.33. The molecule has 1 saturated heterocycles. The van der Waals surface area contributed by atoms with Crippen LogP contribution in [0.5, 0.6) is 0 Å². The number of benzene rings is 1. The van der Waals surface area contributed by atoms with E-state index in [1.807, 2.05) is 5.32 Å². The molecule has 3 amide bonds. The van der Waals surface area contributed by atoms with Gasteiger partial charge in [-0.05, 0) is 11.6 Å². The van der Waals surface area contributed by atoms with Crippen molar-refractivity contribution < 1.29 is 15.1 Å². The fourth-order valence-corrected chi connectivity index (χ4v) is 0.994. The zero-order chi connectivity index (χ0) is 13.4. The summed E-state index contributed by atoms with van der Waals surface area (Å²) in [6.07, 6.45) is 1.13. The van der Waals surface area contributed by atoms with Crippen LogP contribution >= 0.6 is 0 Å². The molecule has 0 bridgehead atoms. The van der Waals surface area contributed by atoms with Crippen molar-refractivity contribution in [3.8, 4) is 0 Å². The van der Waals surface area contributed by atoms with Crippen molar-refractivity contribution in [2.24, 2.45) is 0 Å². The van der Waals surface area contributed by atoms with E-state index in [1.165, 1.54) is 0 Å². The molecular formula is C10H8N2O2. The fourth-order valence-electron chi connectivity index (χ4n) is 0.994. The maximum atomic E-state index is 11.3. The van der Waals surface area contributed by atoms with E-state index < -0.39 is 11.9 Å². The molecule has 0 unspecified atom stereocenters. The Hall–Kier alpha value is -2.10. The molecule has 2 rings (SSSR count). The Kier molecular flexibility index (Phi) is 1.18. The molecule has 70 valence electrons. The lowest BCUT2D eigenvalue weighted by atomic mass is 10.2. The van der Waals surface area contributed by atoms with Gasteiger partial charge in [0.05, 0.1) is 5.48 Å². The van der Waals surface area contributed by atoms with Gasteiger partial charge in [0.1, 0.15) is 5.70 Å². The van der Waals surface area contributed by atoms with Crippen LogP contribution < -0.4 is 10.6 Å². The van der Waals surface area contributed by atoms with Gasteiger partial charge in [-0.3, -0.25) is 10.1 Å². The first-order valence-electron chi connectivity index (χ1n) is 5.81. The third-order valence-corrected chi connectivity index (χ3v) is 1.57. The first-order chi connectivity index (χ1) is 8.40. The maximum absolute atomic E-state index is 11.3. The summed E-state index contributed by atoms with van der Waals surface area (Å²) in [5, 5.41) is 4.20. The summed E-state index contributed by atoms with van der Waals surface area (Å²) in [6, 6.07) is -0.563. The van der Waals surface area contributed by atoms with Gasteiger partial charge >= 0.3 is 6.03 Å². The van der Waals surface area contributed by atoms with Gasteiger partial charge in [0.15, 0.2) is 0 Å². The summed E-state index contributed by atoms with van der Waals surface area (Å²) >= 11 is 0. The standard InChI is InChI=1S/C10H8N2O2/c13-9-8(11-10(14)12-9)6-7-4-2-1-3-5-7/h1-6H,(H2,11,12,13,14)/b8-6-/i1+1,2D,3D,4D,5D. The van der Waals surface area contributed by atoms with E-state index in [4.69, 9.17) is 5.48 Å². The van der Waals surface area contributed by atoms with Crippen LogP contribution in [0, 0.1) is 0 Å². The summed E-state index contributed by atoms with van der Waals surface area (Å²) < 4.78 is 30.2. The molecule has 0 atom stereocenters. The number of carbonyl (C=O) groups is 2. The quantitative estimate of drug-likeness (QED) is 0.513. The predicted molar refractivity (Wildman–Crippen MR) is 51.1 cm³/mol. The number of hydrogen-bond acceptors (Lipinski definition) is 2. The average Bonchev–Trinajstić information content (AvgIpc) is 2.61. The van der Waals surface area contributed by atoms with Crippen LogP contribution in [0.25, 0.3) is 6.08 Å². The molecular weight excluding hydrogens is 181 g/mol. The van der Waals surface area contributed by atoms with Gasteiger partial charge in [-0.25, -0.2) is 4.79 Å². The molecule has 1 aliphatic heterocycles. The van der Waals surface area contributed by atoms with Crippen LogP contribution in [-0.2, 0) is 4.79 Å². The van der Waals surface area contributed by atoms with Crippen molar-refractivity contribution in [1.29, 1.82) is 0 Å². The Bertz CT molecular complexity index is 572. The number of rotatable bonds is 1. The van der Waals surface area contributed by atoms with Crippen LogP contribution in [0.4, 0.5) is 4.79 Å². The summed E-state index contributed by atoms with van der Waals surface area (Å²) in [5.41, 5.74) is -0.146. The molecule has 4 heteroatoms. The first-order valence-corrected chi connectivity index (χ1v) is 3.81. The van der Waals surface area contributed by atoms with E-state index in [2.05, 4.69) is 5.32 Å². The van der Waals surface area contributed by atoms with Gasteiger partial charge in [-0.1, -0.05) is 30.2 Å². The van der Waals surface area contributed by atoms with E-state index in [1.54, 1.807) is 0 Å². The Morgan fingerprint density at radius 2 is 1.93 bits per heavy atom. The minimum Gasteiger partial charge on any atom is -0.303 e. The molecule has 1 heterocycles. The zero-order valence-electron chi connectivity index (χ0n) is 11.0. The van der Waals surface area contributed by atoms with Gasteiger partial charge in [-0.2, -0.15) is 0 Å². The fraction of sp³-hybridized carbons (Fsp3) is 0. The van der Waals surface area contributed by atoms with Crippen molar-refractivity contribution in [1.82, 2.24) is 10.6 Å². The Balaban J connectivity index is 2.56. The van der Waals surface area contributed by atoms with Crippen LogP contribution in [0.1, 0.15) is 11.0 Å². The van der Waals surface area contributed by atoms with Gasteiger partial charge in [0, 0.05) is 0 Å². The lowest BCUT2D eigenvalue weighted by molar-refractivity contribution is -0.115. The van der Waals surface area contributed by atoms with Crippen molar-refractivity contribution in [3.05, 3.63) is 41.5 Å². The average molecular weight is 193 g/mol. The lowest BCUT2D eigenvalue weighted by Crippen LogP contribution is -2.22. The largest absolute Gasteiger partial charge is 0.326 e. The topological polar surface area (TPSA) is 58.2 Å². The molecule has 1 fully saturated rings. The minimum atomic E-state index is -0.683. The van der Waals surface area contributed by atoms with Gasteiger partial charge in [0.2, 0.25) is 0 Å². The van der Waals surface area contributed by atoms with Crippen molar-refractivity contribution >= 4 is 18.0 Å². The lowest BCUT2D eigenvalue weighted by Gasteiger charge is -1.94. The van der Waals surface area contributed by atoms with Crippen LogP contribution in [0.15, 0.2) is 35.9 Å².